The van der Waals surface area contributed by atoms with Crippen molar-refractivity contribution < 1.29 is 13.2 Å². The van der Waals surface area contributed by atoms with Gasteiger partial charge in [0.1, 0.15) is 5.82 Å². The van der Waals surface area contributed by atoms with Crippen LogP contribution in [0.4, 0.5) is 28.7 Å². The molecule has 12 heteroatoms. The summed E-state index contributed by atoms with van der Waals surface area (Å²) in [5.74, 6) is 0.885. The van der Waals surface area contributed by atoms with Crippen molar-refractivity contribution in [3.05, 3.63) is 30.5 Å². The molecule has 0 radical (unpaired) electrons. The lowest BCUT2D eigenvalue weighted by molar-refractivity contribution is 0.0832. The first kappa shape index (κ1) is 20.8. The molecule has 3 aromatic rings. The zero-order chi connectivity index (χ0) is 22.3. The summed E-state index contributed by atoms with van der Waals surface area (Å²) < 4.78 is 35.5. The molecule has 0 atom stereocenters. The Morgan fingerprint density at radius 3 is 2.56 bits per heavy atom. The minimum atomic E-state index is -3.74. The monoisotopic (exact) mass is 458 g/mol. The number of hydrogen-bond acceptors (Lipinski definition) is 9. The third-order valence-corrected chi connectivity index (χ3v) is 6.99. The normalized spacial score (nSPS) is 17.5. The van der Waals surface area contributed by atoms with Gasteiger partial charge in [-0.1, -0.05) is 0 Å². The third kappa shape index (κ3) is 4.42. The minimum absolute atomic E-state index is 0.0889. The summed E-state index contributed by atoms with van der Waals surface area (Å²) in [7, 11) is -3.74. The lowest BCUT2D eigenvalue weighted by atomic mass is 10.1. The first-order chi connectivity index (χ1) is 15.4. The van der Waals surface area contributed by atoms with Crippen molar-refractivity contribution in [3.63, 3.8) is 0 Å². The largest absolute Gasteiger partial charge is 0.399 e. The predicted octanol–water partition coefficient (Wildman–Crippen LogP) is 1.67. The number of nitrogens with zero attached hydrogens (tertiary/aromatic N) is 3. The maximum absolute atomic E-state index is 12.9. The molecule has 2 aliphatic rings. The van der Waals surface area contributed by atoms with Crippen LogP contribution in [0.15, 0.2) is 35.4 Å². The van der Waals surface area contributed by atoms with Crippen LogP contribution >= 0.6 is 0 Å². The molecule has 0 bridgehead atoms. The fourth-order valence-electron chi connectivity index (χ4n) is 3.70. The number of imidazole rings is 1. The number of benzene rings is 1. The Morgan fingerprint density at radius 1 is 1.03 bits per heavy atom. The Kier molecular flexibility index (Phi) is 5.27. The van der Waals surface area contributed by atoms with Crippen LogP contribution < -0.4 is 26.8 Å². The second-order valence-corrected chi connectivity index (χ2v) is 9.92. The van der Waals surface area contributed by atoms with Gasteiger partial charge in [0.05, 0.1) is 16.8 Å². The van der Waals surface area contributed by atoms with Gasteiger partial charge in [0.15, 0.2) is 11.5 Å². The van der Waals surface area contributed by atoms with Gasteiger partial charge in [-0.15, -0.1) is 5.10 Å². The van der Waals surface area contributed by atoms with Gasteiger partial charge in [-0.25, -0.2) is 18.1 Å². The molecule has 11 nitrogen and oxygen atoms in total. The number of nitrogens with one attached hydrogen (secondary N) is 3. The van der Waals surface area contributed by atoms with Gasteiger partial charge in [-0.2, -0.15) is 4.52 Å². The summed E-state index contributed by atoms with van der Waals surface area (Å²) in [6.45, 7) is 1.08. The van der Waals surface area contributed by atoms with E-state index in [4.69, 9.17) is 16.2 Å². The summed E-state index contributed by atoms with van der Waals surface area (Å²) in [4.78, 5) is 4.42. The van der Waals surface area contributed by atoms with E-state index >= 15 is 0 Å². The molecule has 1 aromatic carbocycles. The lowest BCUT2D eigenvalue weighted by Crippen LogP contribution is -2.38. The van der Waals surface area contributed by atoms with Gasteiger partial charge in [-0.3, -0.25) is 0 Å². The number of aromatic nitrogens is 3. The molecule has 2 fully saturated rings. The van der Waals surface area contributed by atoms with Crippen LogP contribution in [0.5, 0.6) is 0 Å². The molecule has 1 saturated heterocycles. The highest BCUT2D eigenvalue weighted by Gasteiger charge is 2.24. The third-order valence-electron chi connectivity index (χ3n) is 5.49. The zero-order valence-electron chi connectivity index (χ0n) is 17.4. The van der Waals surface area contributed by atoms with Crippen molar-refractivity contribution in [2.45, 2.75) is 42.7 Å². The second-order valence-electron chi connectivity index (χ2n) is 8.20. The summed E-state index contributed by atoms with van der Waals surface area (Å²) >= 11 is 0. The Labute approximate surface area is 185 Å². The fraction of sp³-hybridized carbons (Fsp3) is 0.400. The van der Waals surface area contributed by atoms with E-state index < -0.39 is 10.0 Å². The highest BCUT2D eigenvalue weighted by Crippen LogP contribution is 2.30. The maximum Gasteiger partial charge on any atom is 0.240 e. The van der Waals surface area contributed by atoms with Crippen molar-refractivity contribution in [1.82, 2.24) is 19.3 Å². The SMILES string of the molecule is Nc1cc(Nc2cc(NC3CC3)c3ncc(N)n3n2)cc(S(=O)(=O)NC2CCOCC2)c1. The van der Waals surface area contributed by atoms with Crippen LogP contribution in [0.1, 0.15) is 25.7 Å². The van der Waals surface area contributed by atoms with E-state index in [2.05, 4.69) is 25.4 Å². The summed E-state index contributed by atoms with van der Waals surface area (Å²) in [6.07, 6.45) is 5.03. The van der Waals surface area contributed by atoms with Gasteiger partial charge in [-0.05, 0) is 43.9 Å². The molecule has 2 aromatic heterocycles. The molecule has 3 heterocycles. The summed E-state index contributed by atoms with van der Waals surface area (Å²) in [6, 6.07) is 6.72. The van der Waals surface area contributed by atoms with Gasteiger partial charge < -0.3 is 26.8 Å². The molecular formula is C20H26N8O3S. The average Bonchev–Trinajstić information content (AvgIpc) is 3.49. The topological polar surface area (TPSA) is 162 Å². The van der Waals surface area contributed by atoms with Gasteiger partial charge in [0.2, 0.25) is 10.0 Å². The highest BCUT2D eigenvalue weighted by molar-refractivity contribution is 7.89. The number of hydrogen-bond donors (Lipinski definition) is 5. The van der Waals surface area contributed by atoms with E-state index in [1.54, 1.807) is 16.8 Å². The first-order valence-corrected chi connectivity index (χ1v) is 12.0. The number of ether oxygens (including phenoxy) is 1. The van der Waals surface area contributed by atoms with E-state index in [1.807, 2.05) is 6.07 Å². The first-order valence-electron chi connectivity index (χ1n) is 10.6. The molecule has 32 heavy (non-hydrogen) atoms. The summed E-state index contributed by atoms with van der Waals surface area (Å²) in [5, 5.41) is 11.1. The van der Waals surface area contributed by atoms with Gasteiger partial charge >= 0.3 is 0 Å². The maximum atomic E-state index is 12.9. The average molecular weight is 459 g/mol. The Morgan fingerprint density at radius 2 is 1.81 bits per heavy atom. The number of fused-ring (bicyclic) bond motifs is 1. The van der Waals surface area contributed by atoms with E-state index in [-0.39, 0.29) is 10.9 Å². The molecule has 0 unspecified atom stereocenters. The standard InChI is InChI=1S/C20H26N8O3S/c21-12-7-15(9-16(8-12)32(29,30)27-14-3-5-31-6-4-14)25-19-10-17(24-13-1-2-13)20-23-11-18(22)28(20)26-19/h7-11,13-14,24,27H,1-6,21-22H2,(H,25,26). The predicted molar refractivity (Wildman–Crippen MR) is 122 cm³/mol. The van der Waals surface area contributed by atoms with Crippen molar-refractivity contribution in [2.24, 2.45) is 0 Å². The molecule has 5 rings (SSSR count). The van der Waals surface area contributed by atoms with E-state index in [0.29, 0.717) is 60.8 Å². The molecule has 7 N–H and O–H groups in total. The van der Waals surface area contributed by atoms with E-state index in [9.17, 15) is 8.42 Å². The number of sulfonamides is 1. The van der Waals surface area contributed by atoms with Crippen LogP contribution in [0.3, 0.4) is 0 Å². The minimum Gasteiger partial charge on any atom is -0.399 e. The molecule has 0 amide bonds. The van der Waals surface area contributed by atoms with Crippen LogP contribution in [0.2, 0.25) is 0 Å². The van der Waals surface area contributed by atoms with Gasteiger partial charge in [0.25, 0.3) is 0 Å². The smallest absolute Gasteiger partial charge is 0.240 e. The molecule has 1 aliphatic heterocycles. The van der Waals surface area contributed by atoms with Crippen molar-refractivity contribution in [3.8, 4) is 0 Å². The van der Waals surface area contributed by atoms with Crippen LogP contribution in [0.25, 0.3) is 5.65 Å². The van der Waals surface area contributed by atoms with Crippen LogP contribution in [0, 0.1) is 0 Å². The summed E-state index contributed by atoms with van der Waals surface area (Å²) in [5.41, 5.74) is 14.3. The van der Waals surface area contributed by atoms with Crippen LogP contribution in [-0.2, 0) is 14.8 Å². The number of nitrogens with two attached hydrogens (primary N) is 2. The molecule has 1 aliphatic carbocycles. The quantitative estimate of drug-likeness (QED) is 0.332. The zero-order valence-corrected chi connectivity index (χ0v) is 18.2. The van der Waals surface area contributed by atoms with E-state index in [0.717, 1.165) is 18.5 Å². The molecular weight excluding hydrogens is 432 g/mol. The Bertz CT molecular complexity index is 1250. The molecule has 170 valence electrons. The molecule has 0 spiro atoms. The Balaban J connectivity index is 1.43. The Hall–Kier alpha value is -3.09. The number of nitrogen functional groups attached to an aromatic ring is 2. The van der Waals surface area contributed by atoms with Gasteiger partial charge in [0, 0.05) is 42.7 Å². The number of rotatable bonds is 7. The second kappa shape index (κ2) is 8.11. The molecule has 1 saturated carbocycles. The van der Waals surface area contributed by atoms with E-state index in [1.165, 1.54) is 12.1 Å². The van der Waals surface area contributed by atoms with Crippen molar-refractivity contribution in [2.75, 3.05) is 35.3 Å². The highest BCUT2D eigenvalue weighted by atomic mass is 32.2. The van der Waals surface area contributed by atoms with Crippen molar-refractivity contribution >= 4 is 44.4 Å². The lowest BCUT2D eigenvalue weighted by Gasteiger charge is -2.23. The number of anilines is 5. The fourth-order valence-corrected chi connectivity index (χ4v) is 5.08. The van der Waals surface area contributed by atoms with Crippen LogP contribution in [-0.4, -0.2) is 48.3 Å². The van der Waals surface area contributed by atoms with Crippen molar-refractivity contribution in [1.29, 1.82) is 0 Å².